The van der Waals surface area contributed by atoms with Crippen LogP contribution in [0.1, 0.15) is 31.7 Å². The highest BCUT2D eigenvalue weighted by atomic mass is 32.2. The molecule has 6 heteroatoms. The van der Waals surface area contributed by atoms with Crippen LogP contribution in [0.15, 0.2) is 18.2 Å². The van der Waals surface area contributed by atoms with E-state index >= 15 is 0 Å². The molecule has 1 heterocycles. The Morgan fingerprint density at radius 1 is 1.60 bits per heavy atom. The third-order valence-electron chi connectivity index (χ3n) is 3.48. The molecule has 110 valence electrons. The van der Waals surface area contributed by atoms with Crippen LogP contribution in [0.4, 0.5) is 4.39 Å². The molecule has 0 amide bonds. The van der Waals surface area contributed by atoms with Gasteiger partial charge in [0.2, 0.25) is 0 Å². The minimum Gasteiger partial charge on any atom is -0.508 e. The van der Waals surface area contributed by atoms with E-state index in [0.29, 0.717) is 17.7 Å². The van der Waals surface area contributed by atoms with Gasteiger partial charge in [-0.25, -0.2) is 4.39 Å². The first-order chi connectivity index (χ1) is 9.48. The number of phenols is 1. The molecule has 0 spiro atoms. The number of carboxylic acids is 1. The third kappa shape index (κ3) is 2.91. The van der Waals surface area contributed by atoms with Crippen molar-refractivity contribution in [2.75, 3.05) is 5.75 Å². The summed E-state index contributed by atoms with van der Waals surface area (Å²) >= 11 is 1.42. The van der Waals surface area contributed by atoms with E-state index in [1.165, 1.54) is 30.0 Å². The van der Waals surface area contributed by atoms with Gasteiger partial charge in [0.05, 0.1) is 4.87 Å². The molecule has 4 nitrogen and oxygen atoms in total. The van der Waals surface area contributed by atoms with Gasteiger partial charge in [0.15, 0.2) is 0 Å². The van der Waals surface area contributed by atoms with Gasteiger partial charge in [-0.3, -0.25) is 10.1 Å². The second kappa shape index (κ2) is 6.01. The molecule has 1 fully saturated rings. The van der Waals surface area contributed by atoms with Crippen LogP contribution in [-0.4, -0.2) is 28.0 Å². The number of carboxylic acid groups (broad SMARTS) is 1. The number of rotatable bonds is 5. The standard InChI is InChI=1S/C14H18FNO3S/c1-2-3-6-14(16-11(8-20-14)13(18)19)10-7-9(15)4-5-12(10)17/h4-5,7,11,16-17H,2-3,6,8H2,1H3,(H,18,19). The zero-order chi connectivity index (χ0) is 14.8. The Balaban J connectivity index is 2.37. The Labute approximate surface area is 121 Å². The number of nitrogens with one attached hydrogen (secondary N) is 1. The molecule has 0 aromatic heterocycles. The van der Waals surface area contributed by atoms with Crippen molar-refractivity contribution in [1.82, 2.24) is 5.32 Å². The summed E-state index contributed by atoms with van der Waals surface area (Å²) in [5, 5.41) is 22.2. The zero-order valence-electron chi connectivity index (χ0n) is 11.2. The van der Waals surface area contributed by atoms with Gasteiger partial charge in [-0.2, -0.15) is 0 Å². The molecule has 0 radical (unpaired) electrons. The Morgan fingerprint density at radius 3 is 2.95 bits per heavy atom. The van der Waals surface area contributed by atoms with Gasteiger partial charge in [0.25, 0.3) is 0 Å². The Bertz CT molecular complexity index is 511. The van der Waals surface area contributed by atoms with Crippen LogP contribution in [0.5, 0.6) is 5.75 Å². The van der Waals surface area contributed by atoms with Gasteiger partial charge < -0.3 is 10.2 Å². The van der Waals surface area contributed by atoms with E-state index in [1.807, 2.05) is 6.92 Å². The summed E-state index contributed by atoms with van der Waals surface area (Å²) in [5.74, 6) is -0.968. The van der Waals surface area contributed by atoms with Crippen molar-refractivity contribution in [2.24, 2.45) is 0 Å². The monoisotopic (exact) mass is 299 g/mol. The summed E-state index contributed by atoms with van der Waals surface area (Å²) in [5.41, 5.74) is 0.430. The van der Waals surface area contributed by atoms with Crippen LogP contribution in [0, 0.1) is 5.82 Å². The van der Waals surface area contributed by atoms with Crippen molar-refractivity contribution in [3.8, 4) is 5.75 Å². The second-order valence-corrected chi connectivity index (χ2v) is 6.26. The highest BCUT2D eigenvalue weighted by Crippen LogP contribution is 2.46. The molecule has 0 bridgehead atoms. The molecule has 1 aromatic rings. The van der Waals surface area contributed by atoms with Gasteiger partial charge in [-0.05, 0) is 24.6 Å². The van der Waals surface area contributed by atoms with Gasteiger partial charge in [-0.15, -0.1) is 11.8 Å². The van der Waals surface area contributed by atoms with Crippen molar-refractivity contribution in [1.29, 1.82) is 0 Å². The quantitative estimate of drug-likeness (QED) is 0.780. The molecule has 1 saturated heterocycles. The molecular formula is C14H18FNO3S. The molecule has 2 atom stereocenters. The second-order valence-electron chi connectivity index (χ2n) is 4.94. The number of thioether (sulfide) groups is 1. The largest absolute Gasteiger partial charge is 0.508 e. The minimum atomic E-state index is -0.924. The van der Waals surface area contributed by atoms with Gasteiger partial charge in [0, 0.05) is 11.3 Å². The molecule has 1 aromatic carbocycles. The first-order valence-corrected chi connectivity index (χ1v) is 7.60. The summed E-state index contributed by atoms with van der Waals surface area (Å²) < 4.78 is 13.5. The summed E-state index contributed by atoms with van der Waals surface area (Å²) in [6.07, 6.45) is 2.45. The molecule has 3 N–H and O–H groups in total. The number of unbranched alkanes of at least 4 members (excludes halogenated alkanes) is 1. The molecule has 0 saturated carbocycles. The van der Waals surface area contributed by atoms with E-state index in [0.717, 1.165) is 12.8 Å². The van der Waals surface area contributed by atoms with Crippen LogP contribution in [0.2, 0.25) is 0 Å². The lowest BCUT2D eigenvalue weighted by molar-refractivity contribution is -0.138. The number of aromatic hydroxyl groups is 1. The molecule has 2 unspecified atom stereocenters. The van der Waals surface area contributed by atoms with Crippen LogP contribution in [0.3, 0.4) is 0 Å². The average Bonchev–Trinajstić information content (AvgIpc) is 2.85. The summed E-state index contributed by atoms with van der Waals surface area (Å²) in [7, 11) is 0. The van der Waals surface area contributed by atoms with Gasteiger partial charge >= 0.3 is 5.97 Å². The molecule has 1 aliphatic heterocycles. The van der Waals surface area contributed by atoms with Crippen LogP contribution in [-0.2, 0) is 9.67 Å². The Kier molecular flexibility index (Phi) is 4.55. The van der Waals surface area contributed by atoms with Crippen molar-refractivity contribution in [3.05, 3.63) is 29.6 Å². The summed E-state index contributed by atoms with van der Waals surface area (Å²) in [4.78, 5) is 10.4. The summed E-state index contributed by atoms with van der Waals surface area (Å²) in [6, 6.07) is 3.12. The van der Waals surface area contributed by atoms with Gasteiger partial charge in [0.1, 0.15) is 17.6 Å². The number of hydrogen-bond acceptors (Lipinski definition) is 4. The average molecular weight is 299 g/mol. The number of halogens is 1. The Hall–Kier alpha value is -1.27. The predicted octanol–water partition coefficient (Wildman–Crippen LogP) is 2.66. The highest BCUT2D eigenvalue weighted by molar-refractivity contribution is 8.00. The first-order valence-electron chi connectivity index (χ1n) is 6.62. The van der Waals surface area contributed by atoms with Crippen LogP contribution < -0.4 is 5.32 Å². The van der Waals surface area contributed by atoms with Crippen LogP contribution in [0.25, 0.3) is 0 Å². The third-order valence-corrected chi connectivity index (χ3v) is 5.01. The zero-order valence-corrected chi connectivity index (χ0v) is 12.0. The lowest BCUT2D eigenvalue weighted by Crippen LogP contribution is -2.43. The smallest absolute Gasteiger partial charge is 0.321 e. The number of carbonyl (C=O) groups is 1. The fraction of sp³-hybridized carbons (Fsp3) is 0.500. The molecular weight excluding hydrogens is 281 g/mol. The van der Waals surface area contributed by atoms with E-state index in [9.17, 15) is 14.3 Å². The van der Waals surface area contributed by atoms with Crippen molar-refractivity contribution in [3.63, 3.8) is 0 Å². The van der Waals surface area contributed by atoms with Gasteiger partial charge in [-0.1, -0.05) is 19.8 Å². The molecule has 2 rings (SSSR count). The van der Waals surface area contributed by atoms with Crippen molar-refractivity contribution < 1.29 is 19.4 Å². The van der Waals surface area contributed by atoms with Crippen LogP contribution >= 0.6 is 11.8 Å². The number of hydrogen-bond donors (Lipinski definition) is 3. The first kappa shape index (κ1) is 15.1. The maximum absolute atomic E-state index is 13.5. The number of aliphatic carboxylic acids is 1. The number of phenolic OH excluding ortho intramolecular Hbond substituents is 1. The molecule has 0 aliphatic carbocycles. The van der Waals surface area contributed by atoms with E-state index in [4.69, 9.17) is 5.11 Å². The summed E-state index contributed by atoms with van der Waals surface area (Å²) in [6.45, 7) is 2.04. The topological polar surface area (TPSA) is 69.6 Å². The van der Waals surface area contributed by atoms with E-state index in [-0.39, 0.29) is 5.75 Å². The lowest BCUT2D eigenvalue weighted by atomic mass is 9.98. The molecule has 20 heavy (non-hydrogen) atoms. The predicted molar refractivity (Wildman–Crippen MR) is 76.3 cm³/mol. The van der Waals surface area contributed by atoms with E-state index < -0.39 is 22.7 Å². The normalized spacial score (nSPS) is 25.8. The van der Waals surface area contributed by atoms with E-state index in [2.05, 4.69) is 5.32 Å². The number of benzene rings is 1. The highest BCUT2D eigenvalue weighted by Gasteiger charge is 2.44. The fourth-order valence-corrected chi connectivity index (χ4v) is 3.93. The maximum Gasteiger partial charge on any atom is 0.321 e. The minimum absolute atomic E-state index is 0.00598. The Morgan fingerprint density at radius 2 is 2.35 bits per heavy atom. The maximum atomic E-state index is 13.5. The fourth-order valence-electron chi connectivity index (χ4n) is 2.42. The van der Waals surface area contributed by atoms with E-state index in [1.54, 1.807) is 0 Å². The lowest BCUT2D eigenvalue weighted by Gasteiger charge is -2.30. The van der Waals surface area contributed by atoms with Crippen molar-refractivity contribution in [2.45, 2.75) is 37.1 Å². The molecule has 1 aliphatic rings. The SMILES string of the molecule is CCCCC1(c2cc(F)ccc2O)NC(C(=O)O)CS1. The van der Waals surface area contributed by atoms with Crippen molar-refractivity contribution >= 4 is 17.7 Å².